The number of H-pyrrole nitrogens is 1. The van der Waals surface area contributed by atoms with Gasteiger partial charge in [0.2, 0.25) is 0 Å². The molecule has 2 aromatic rings. The van der Waals surface area contributed by atoms with Crippen LogP contribution in [0.15, 0.2) is 18.5 Å². The van der Waals surface area contributed by atoms with E-state index in [9.17, 15) is 13.2 Å². The number of ether oxygens (including phenoxy) is 1. The summed E-state index contributed by atoms with van der Waals surface area (Å²) in [6.45, 7) is -1.38. The van der Waals surface area contributed by atoms with Gasteiger partial charge in [-0.1, -0.05) is 0 Å². The summed E-state index contributed by atoms with van der Waals surface area (Å²) in [6, 6.07) is 3.19. The minimum atomic E-state index is -4.40. The highest BCUT2D eigenvalue weighted by atomic mass is 19.4. The number of aromatic nitrogens is 2. The number of alkyl halides is 3. The van der Waals surface area contributed by atoms with Gasteiger partial charge in [-0.2, -0.15) is 18.4 Å². The number of nitriles is 1. The van der Waals surface area contributed by atoms with Crippen molar-refractivity contribution in [3.05, 3.63) is 24.0 Å². The Morgan fingerprint density at radius 3 is 2.88 bits per heavy atom. The normalized spacial score (nSPS) is 11.4. The number of fused-ring (bicyclic) bond motifs is 1. The SMILES string of the molecule is N#Cc1c[nH]c2c(OCC(F)(F)F)ccnc12. The van der Waals surface area contributed by atoms with E-state index < -0.39 is 12.8 Å². The van der Waals surface area contributed by atoms with E-state index in [1.807, 2.05) is 6.07 Å². The molecule has 2 aromatic heterocycles. The lowest BCUT2D eigenvalue weighted by Gasteiger charge is -2.09. The van der Waals surface area contributed by atoms with Crippen LogP contribution in [0.5, 0.6) is 5.75 Å². The Kier molecular flexibility index (Phi) is 2.63. The molecule has 0 fully saturated rings. The van der Waals surface area contributed by atoms with Gasteiger partial charge in [-0.15, -0.1) is 0 Å². The molecule has 0 saturated carbocycles. The molecular formula is C10H6F3N3O. The molecule has 17 heavy (non-hydrogen) atoms. The summed E-state index contributed by atoms with van der Waals surface area (Å²) in [5.41, 5.74) is 0.845. The minimum absolute atomic E-state index is 0.0221. The van der Waals surface area contributed by atoms with Crippen LogP contribution in [0, 0.1) is 11.3 Å². The number of rotatable bonds is 2. The van der Waals surface area contributed by atoms with Gasteiger partial charge < -0.3 is 9.72 Å². The van der Waals surface area contributed by atoms with Crippen molar-refractivity contribution in [2.24, 2.45) is 0 Å². The maximum atomic E-state index is 12.0. The van der Waals surface area contributed by atoms with Gasteiger partial charge in [0.1, 0.15) is 22.9 Å². The molecule has 7 heteroatoms. The molecule has 0 amide bonds. The van der Waals surface area contributed by atoms with Gasteiger partial charge in [0.05, 0.1) is 5.56 Å². The maximum absolute atomic E-state index is 12.0. The van der Waals surface area contributed by atoms with Crippen molar-refractivity contribution in [2.75, 3.05) is 6.61 Å². The first kappa shape index (κ1) is 11.3. The zero-order chi connectivity index (χ0) is 12.5. The highest BCUT2D eigenvalue weighted by Gasteiger charge is 2.28. The quantitative estimate of drug-likeness (QED) is 0.877. The first-order valence-electron chi connectivity index (χ1n) is 4.57. The Hall–Kier alpha value is -2.23. The fourth-order valence-electron chi connectivity index (χ4n) is 1.37. The van der Waals surface area contributed by atoms with Crippen LogP contribution in [-0.2, 0) is 0 Å². The van der Waals surface area contributed by atoms with Crippen LogP contribution >= 0.6 is 0 Å². The van der Waals surface area contributed by atoms with Crippen molar-refractivity contribution in [3.63, 3.8) is 0 Å². The zero-order valence-electron chi connectivity index (χ0n) is 8.38. The van der Waals surface area contributed by atoms with E-state index in [-0.39, 0.29) is 16.8 Å². The van der Waals surface area contributed by atoms with Gasteiger partial charge in [0.25, 0.3) is 0 Å². The fraction of sp³-hybridized carbons (Fsp3) is 0.200. The molecule has 0 saturated heterocycles. The summed E-state index contributed by atoms with van der Waals surface area (Å²) in [4.78, 5) is 6.57. The Morgan fingerprint density at radius 2 is 2.24 bits per heavy atom. The zero-order valence-corrected chi connectivity index (χ0v) is 8.38. The molecule has 0 atom stereocenters. The lowest BCUT2D eigenvalue weighted by molar-refractivity contribution is -0.153. The molecule has 0 aromatic carbocycles. The summed E-state index contributed by atoms with van der Waals surface area (Å²) < 4.78 is 40.7. The van der Waals surface area contributed by atoms with E-state index >= 15 is 0 Å². The first-order valence-corrected chi connectivity index (χ1v) is 4.57. The average molecular weight is 241 g/mol. The predicted octanol–water partition coefficient (Wildman–Crippen LogP) is 2.38. The monoisotopic (exact) mass is 241 g/mol. The Labute approximate surface area is 93.6 Å². The summed E-state index contributed by atoms with van der Waals surface area (Å²) in [6.07, 6.45) is -1.74. The number of pyridine rings is 1. The third-order valence-corrected chi connectivity index (χ3v) is 2.04. The number of hydrogen-bond acceptors (Lipinski definition) is 3. The Morgan fingerprint density at radius 1 is 1.47 bits per heavy atom. The van der Waals surface area contributed by atoms with Crippen LogP contribution in [0.4, 0.5) is 13.2 Å². The molecule has 0 aliphatic rings. The average Bonchev–Trinajstić information content (AvgIpc) is 2.68. The number of halogens is 3. The van der Waals surface area contributed by atoms with Crippen LogP contribution in [0.25, 0.3) is 11.0 Å². The van der Waals surface area contributed by atoms with Crippen molar-refractivity contribution in [3.8, 4) is 11.8 Å². The van der Waals surface area contributed by atoms with E-state index in [0.717, 1.165) is 0 Å². The van der Waals surface area contributed by atoms with Crippen molar-refractivity contribution in [1.29, 1.82) is 5.26 Å². The van der Waals surface area contributed by atoms with Gasteiger partial charge in [-0.25, -0.2) is 0 Å². The molecule has 0 aliphatic heterocycles. The molecule has 4 nitrogen and oxygen atoms in total. The summed E-state index contributed by atoms with van der Waals surface area (Å²) in [5, 5.41) is 8.74. The van der Waals surface area contributed by atoms with Crippen LogP contribution in [0.3, 0.4) is 0 Å². The largest absolute Gasteiger partial charge is 0.482 e. The van der Waals surface area contributed by atoms with Crippen LogP contribution < -0.4 is 4.74 Å². The topological polar surface area (TPSA) is 61.7 Å². The van der Waals surface area contributed by atoms with Gasteiger partial charge >= 0.3 is 6.18 Å². The van der Waals surface area contributed by atoms with Crippen LogP contribution in [0.2, 0.25) is 0 Å². The third-order valence-electron chi connectivity index (χ3n) is 2.04. The number of nitrogens with zero attached hydrogens (tertiary/aromatic N) is 2. The Balaban J connectivity index is 2.36. The summed E-state index contributed by atoms with van der Waals surface area (Å²) in [5.74, 6) is 0.0221. The first-order chi connectivity index (χ1) is 8.01. The standard InChI is InChI=1S/C10H6F3N3O/c11-10(12,13)5-17-7-1-2-15-8-6(3-14)4-16-9(7)8/h1-2,4,16H,5H2. The predicted molar refractivity (Wildman–Crippen MR) is 52.4 cm³/mol. The molecule has 0 bridgehead atoms. The molecule has 2 rings (SSSR count). The smallest absolute Gasteiger partial charge is 0.422 e. The summed E-state index contributed by atoms with van der Waals surface area (Å²) >= 11 is 0. The second-order valence-corrected chi connectivity index (χ2v) is 3.25. The van der Waals surface area contributed by atoms with E-state index in [1.54, 1.807) is 0 Å². The summed E-state index contributed by atoms with van der Waals surface area (Å²) in [7, 11) is 0. The maximum Gasteiger partial charge on any atom is 0.422 e. The Bertz CT molecular complexity index is 582. The van der Waals surface area contributed by atoms with E-state index in [2.05, 4.69) is 14.7 Å². The molecule has 1 N–H and O–H groups in total. The lowest BCUT2D eigenvalue weighted by atomic mass is 10.3. The van der Waals surface area contributed by atoms with Crippen LogP contribution in [0.1, 0.15) is 5.56 Å². The van der Waals surface area contributed by atoms with Gasteiger partial charge in [-0.05, 0) is 0 Å². The number of hydrogen-bond donors (Lipinski definition) is 1. The highest BCUT2D eigenvalue weighted by Crippen LogP contribution is 2.26. The lowest BCUT2D eigenvalue weighted by Crippen LogP contribution is -2.19. The van der Waals surface area contributed by atoms with Gasteiger partial charge in [0.15, 0.2) is 6.61 Å². The molecule has 2 heterocycles. The van der Waals surface area contributed by atoms with Crippen molar-refractivity contribution < 1.29 is 17.9 Å². The number of nitrogens with one attached hydrogen (secondary N) is 1. The second kappa shape index (κ2) is 3.97. The van der Waals surface area contributed by atoms with Gasteiger partial charge in [0, 0.05) is 18.5 Å². The molecule has 0 radical (unpaired) electrons. The van der Waals surface area contributed by atoms with Crippen LogP contribution in [-0.4, -0.2) is 22.8 Å². The molecular weight excluding hydrogens is 235 g/mol. The minimum Gasteiger partial charge on any atom is -0.482 e. The van der Waals surface area contributed by atoms with E-state index in [4.69, 9.17) is 5.26 Å². The molecule has 88 valence electrons. The molecule has 0 aliphatic carbocycles. The molecule has 0 unspecified atom stereocenters. The fourth-order valence-corrected chi connectivity index (χ4v) is 1.37. The van der Waals surface area contributed by atoms with Crippen molar-refractivity contribution in [2.45, 2.75) is 6.18 Å². The molecule has 0 spiro atoms. The van der Waals surface area contributed by atoms with Gasteiger partial charge in [-0.3, -0.25) is 4.98 Å². The third kappa shape index (κ3) is 2.30. The van der Waals surface area contributed by atoms with Crippen molar-refractivity contribution in [1.82, 2.24) is 9.97 Å². The van der Waals surface area contributed by atoms with Crippen molar-refractivity contribution >= 4 is 11.0 Å². The van der Waals surface area contributed by atoms with E-state index in [1.165, 1.54) is 18.5 Å². The highest BCUT2D eigenvalue weighted by molar-refractivity contribution is 5.86. The number of aromatic amines is 1. The van der Waals surface area contributed by atoms with E-state index in [0.29, 0.717) is 5.52 Å². The second-order valence-electron chi connectivity index (χ2n) is 3.25.